The highest BCUT2D eigenvalue weighted by molar-refractivity contribution is 9.11. The van der Waals surface area contributed by atoms with Crippen LogP contribution in [-0.4, -0.2) is 13.5 Å². The molecule has 0 unspecified atom stereocenters. The molecule has 19 heavy (non-hydrogen) atoms. The molecule has 102 valence electrons. The van der Waals surface area contributed by atoms with Gasteiger partial charge in [-0.1, -0.05) is 23.2 Å². The van der Waals surface area contributed by atoms with E-state index in [0.717, 1.165) is 11.3 Å². The molecule has 2 N–H and O–H groups in total. The van der Waals surface area contributed by atoms with Gasteiger partial charge in [-0.3, -0.25) is 4.72 Å². The first kappa shape index (κ1) is 14.9. The topological polar surface area (TPSA) is 66.4 Å². The minimum Gasteiger partial charge on any atom is -0.505 e. The Hall–Kier alpha value is -0.470. The van der Waals surface area contributed by atoms with Gasteiger partial charge in [0, 0.05) is 0 Å². The predicted octanol–water partition coefficient (Wildman–Crippen LogP) is 4.32. The zero-order chi connectivity index (χ0) is 14.2. The lowest BCUT2D eigenvalue weighted by Crippen LogP contribution is -2.11. The molecule has 0 aliphatic heterocycles. The Kier molecular flexibility index (Phi) is 4.32. The van der Waals surface area contributed by atoms with Crippen LogP contribution >= 0.6 is 50.5 Å². The summed E-state index contributed by atoms with van der Waals surface area (Å²) in [6, 6.07) is 5.67. The van der Waals surface area contributed by atoms with Crippen molar-refractivity contribution in [2.75, 3.05) is 4.72 Å². The van der Waals surface area contributed by atoms with E-state index in [1.54, 1.807) is 6.07 Å². The molecule has 0 spiro atoms. The highest BCUT2D eigenvalue weighted by Crippen LogP contribution is 2.36. The Labute approximate surface area is 132 Å². The van der Waals surface area contributed by atoms with Gasteiger partial charge in [0.2, 0.25) is 0 Å². The first-order valence-electron chi connectivity index (χ1n) is 4.76. The third-order valence-corrected chi connectivity index (χ3v) is 6.16. The fourth-order valence-electron chi connectivity index (χ4n) is 1.27. The van der Waals surface area contributed by atoms with Crippen LogP contribution in [0.5, 0.6) is 5.75 Å². The molecule has 2 rings (SSSR count). The summed E-state index contributed by atoms with van der Waals surface area (Å²) in [5.74, 6) is -0.287. The average molecular weight is 403 g/mol. The van der Waals surface area contributed by atoms with Crippen LogP contribution in [0.4, 0.5) is 5.69 Å². The second kappa shape index (κ2) is 5.49. The van der Waals surface area contributed by atoms with Crippen LogP contribution in [-0.2, 0) is 10.0 Å². The number of nitrogens with one attached hydrogen (secondary N) is 1. The van der Waals surface area contributed by atoms with Gasteiger partial charge < -0.3 is 5.11 Å². The molecule has 9 heteroatoms. The number of rotatable bonds is 3. The summed E-state index contributed by atoms with van der Waals surface area (Å²) in [6.45, 7) is 0. The van der Waals surface area contributed by atoms with Crippen molar-refractivity contribution in [3.05, 3.63) is 38.1 Å². The molecule has 1 aromatic carbocycles. The number of hydrogen-bond donors (Lipinski definition) is 2. The summed E-state index contributed by atoms with van der Waals surface area (Å²) >= 11 is 15.7. The lowest BCUT2D eigenvalue weighted by Gasteiger charge is -2.08. The largest absolute Gasteiger partial charge is 0.505 e. The number of halogens is 3. The first-order valence-corrected chi connectivity index (χ1v) is 8.60. The third kappa shape index (κ3) is 3.35. The molecule has 0 bridgehead atoms. The molecule has 1 aromatic heterocycles. The van der Waals surface area contributed by atoms with E-state index in [1.165, 1.54) is 18.2 Å². The van der Waals surface area contributed by atoms with Crippen molar-refractivity contribution in [2.24, 2.45) is 0 Å². The zero-order valence-electron chi connectivity index (χ0n) is 9.02. The fraction of sp³-hybridized carbons (Fsp3) is 0. The molecule has 4 nitrogen and oxygen atoms in total. The lowest BCUT2D eigenvalue weighted by molar-refractivity contribution is 0.476. The first-order chi connectivity index (χ1) is 8.79. The van der Waals surface area contributed by atoms with Crippen LogP contribution in [0.3, 0.4) is 0 Å². The van der Waals surface area contributed by atoms with Gasteiger partial charge in [-0.25, -0.2) is 8.42 Å². The monoisotopic (exact) mass is 401 g/mol. The van der Waals surface area contributed by atoms with E-state index in [1.807, 2.05) is 0 Å². The van der Waals surface area contributed by atoms with E-state index in [9.17, 15) is 13.5 Å². The second-order valence-electron chi connectivity index (χ2n) is 3.45. The lowest BCUT2D eigenvalue weighted by atomic mass is 10.3. The van der Waals surface area contributed by atoms with Gasteiger partial charge in [-0.2, -0.15) is 0 Å². The quantitative estimate of drug-likeness (QED) is 0.751. The number of benzene rings is 1. The van der Waals surface area contributed by atoms with Crippen LogP contribution in [0, 0.1) is 0 Å². The molecule has 0 fully saturated rings. The van der Waals surface area contributed by atoms with Crippen LogP contribution in [0.15, 0.2) is 32.3 Å². The number of phenolic OH excluding ortho intramolecular Hbond substituents is 1. The Morgan fingerprint density at radius 2 is 1.79 bits per heavy atom. The Morgan fingerprint density at radius 3 is 2.26 bits per heavy atom. The van der Waals surface area contributed by atoms with Gasteiger partial charge >= 0.3 is 0 Å². The summed E-state index contributed by atoms with van der Waals surface area (Å²) < 4.78 is 27.3. The van der Waals surface area contributed by atoms with Gasteiger partial charge in [-0.15, -0.1) is 11.3 Å². The molecule has 0 saturated carbocycles. The number of sulfonamides is 1. The minimum absolute atomic E-state index is 0.0300. The van der Waals surface area contributed by atoms with Gasteiger partial charge in [0.05, 0.1) is 19.5 Å². The summed E-state index contributed by atoms with van der Waals surface area (Å²) in [5.41, 5.74) is 0.178. The van der Waals surface area contributed by atoms with Gasteiger partial charge in [0.25, 0.3) is 10.0 Å². The number of anilines is 1. The minimum atomic E-state index is -3.70. The van der Waals surface area contributed by atoms with Crippen LogP contribution in [0.25, 0.3) is 0 Å². The smallest absolute Gasteiger partial charge is 0.271 e. The molecular weight excluding hydrogens is 397 g/mol. The summed E-state index contributed by atoms with van der Waals surface area (Å²) in [6.07, 6.45) is 0. The Balaban J connectivity index is 2.36. The van der Waals surface area contributed by atoms with Crippen LogP contribution in [0.2, 0.25) is 10.0 Å². The van der Waals surface area contributed by atoms with Crippen molar-refractivity contribution >= 4 is 66.2 Å². The molecule has 0 aliphatic rings. The molecule has 0 radical (unpaired) electrons. The molecule has 0 amide bonds. The number of hydrogen-bond acceptors (Lipinski definition) is 4. The maximum absolute atomic E-state index is 12.1. The van der Waals surface area contributed by atoms with Crippen LogP contribution in [0.1, 0.15) is 0 Å². The molecule has 1 heterocycles. The molecule has 0 atom stereocenters. The van der Waals surface area contributed by atoms with Gasteiger partial charge in [0.15, 0.2) is 5.75 Å². The van der Waals surface area contributed by atoms with Gasteiger partial charge in [0.1, 0.15) is 4.21 Å². The van der Waals surface area contributed by atoms with Crippen molar-refractivity contribution < 1.29 is 13.5 Å². The Morgan fingerprint density at radius 1 is 1.21 bits per heavy atom. The fourth-order valence-corrected chi connectivity index (χ4v) is 4.81. The maximum atomic E-state index is 12.1. The van der Waals surface area contributed by atoms with E-state index in [2.05, 4.69) is 20.7 Å². The maximum Gasteiger partial charge on any atom is 0.271 e. The molecule has 2 aromatic rings. The number of phenols is 1. The third-order valence-electron chi connectivity index (χ3n) is 2.08. The summed E-state index contributed by atoms with van der Waals surface area (Å²) in [7, 11) is -3.70. The van der Waals surface area contributed by atoms with E-state index in [-0.39, 0.29) is 25.7 Å². The number of aromatic hydroxyl groups is 1. The van der Waals surface area contributed by atoms with E-state index in [0.29, 0.717) is 3.79 Å². The van der Waals surface area contributed by atoms with Crippen LogP contribution < -0.4 is 4.72 Å². The van der Waals surface area contributed by atoms with Crippen molar-refractivity contribution in [1.82, 2.24) is 0 Å². The van der Waals surface area contributed by atoms with E-state index >= 15 is 0 Å². The highest BCUT2D eigenvalue weighted by Gasteiger charge is 2.18. The SMILES string of the molecule is O=S(=O)(Nc1cc(Cl)c(O)c(Cl)c1)c1ccc(Br)s1. The van der Waals surface area contributed by atoms with Crippen molar-refractivity contribution in [3.8, 4) is 5.75 Å². The highest BCUT2D eigenvalue weighted by atomic mass is 79.9. The van der Waals surface area contributed by atoms with Crippen molar-refractivity contribution in [2.45, 2.75) is 4.21 Å². The van der Waals surface area contributed by atoms with Crippen molar-refractivity contribution in [3.63, 3.8) is 0 Å². The molecular formula is C10H6BrCl2NO3S2. The molecule has 0 aliphatic carbocycles. The predicted molar refractivity (Wildman–Crippen MR) is 81.0 cm³/mol. The zero-order valence-corrected chi connectivity index (χ0v) is 13.8. The van der Waals surface area contributed by atoms with E-state index < -0.39 is 10.0 Å². The normalized spacial score (nSPS) is 11.5. The number of thiophene rings is 1. The second-order valence-corrected chi connectivity index (χ2v) is 8.64. The standard InChI is InChI=1S/C10H6BrCl2NO3S2/c11-8-1-2-9(18-8)19(16,17)14-5-3-6(12)10(15)7(13)4-5/h1-4,14-15H. The van der Waals surface area contributed by atoms with Gasteiger partial charge in [-0.05, 0) is 40.2 Å². The summed E-state index contributed by atoms with van der Waals surface area (Å²) in [5, 5.41) is 9.34. The summed E-state index contributed by atoms with van der Waals surface area (Å²) in [4.78, 5) is 0. The van der Waals surface area contributed by atoms with Crippen molar-refractivity contribution in [1.29, 1.82) is 0 Å². The molecule has 0 saturated heterocycles. The van der Waals surface area contributed by atoms with E-state index in [4.69, 9.17) is 23.2 Å². The Bertz CT molecular complexity index is 707. The average Bonchev–Trinajstić information content (AvgIpc) is 2.73.